The fourth-order valence-corrected chi connectivity index (χ4v) is 0.956. The van der Waals surface area contributed by atoms with E-state index in [2.05, 4.69) is 13.8 Å². The van der Waals surface area contributed by atoms with Crippen LogP contribution in [0.2, 0.25) is 0 Å². The molecule has 0 N–H and O–H groups in total. The summed E-state index contributed by atoms with van der Waals surface area (Å²) in [5.41, 5.74) is 2.14. The van der Waals surface area contributed by atoms with Crippen molar-refractivity contribution in [3.8, 4) is 0 Å². The molecule has 0 aromatic heterocycles. The fraction of sp³-hybridized carbons (Fsp3) is 0. The molecule has 0 atom stereocenters. The Morgan fingerprint density at radius 3 is 0.933 bits per heavy atom. The van der Waals surface area contributed by atoms with Crippen molar-refractivity contribution in [3.05, 3.63) is 85.6 Å². The van der Waals surface area contributed by atoms with Gasteiger partial charge in [-0.2, -0.15) is 49.2 Å². The van der Waals surface area contributed by atoms with E-state index in [1.165, 1.54) is 0 Å². The van der Waals surface area contributed by atoms with E-state index in [0.29, 0.717) is 0 Å². The summed E-state index contributed by atoms with van der Waals surface area (Å²) in [5.74, 6) is 0. The fourth-order valence-electron chi connectivity index (χ4n) is 0.956. The smallest absolute Gasteiger partial charge is 0.199 e. The molecule has 0 aliphatic rings. The summed E-state index contributed by atoms with van der Waals surface area (Å²) in [5, 5.41) is 0. The zero-order chi connectivity index (χ0) is 10.2. The van der Waals surface area contributed by atoms with Gasteiger partial charge in [-0.05, 0) is 0 Å². The summed E-state index contributed by atoms with van der Waals surface area (Å²) in [6.07, 6.45) is 0. The van der Waals surface area contributed by atoms with E-state index >= 15 is 0 Å². The van der Waals surface area contributed by atoms with Crippen LogP contribution in [0, 0.1) is 13.8 Å². The van der Waals surface area contributed by atoms with Gasteiger partial charge in [-0.1, -0.05) is 12.1 Å². The SMILES string of the molecule is [CH2-]c1ccccc1.[CH2-]c1ccccc1.[Mn+2]. The molecule has 0 aliphatic heterocycles. The predicted octanol–water partition coefficient (Wildman–Crippen LogP) is 3.74. The Kier molecular flexibility index (Phi) is 7.35. The van der Waals surface area contributed by atoms with Gasteiger partial charge in [0.15, 0.2) is 0 Å². The third-order valence-electron chi connectivity index (χ3n) is 1.69. The van der Waals surface area contributed by atoms with Crippen LogP contribution < -0.4 is 0 Å². The Morgan fingerprint density at radius 2 is 0.800 bits per heavy atom. The van der Waals surface area contributed by atoms with Gasteiger partial charge in [0.2, 0.25) is 0 Å². The molecule has 0 fully saturated rings. The first-order valence-corrected chi connectivity index (χ1v) is 4.53. The van der Waals surface area contributed by atoms with Crippen LogP contribution in [0.15, 0.2) is 60.7 Å². The van der Waals surface area contributed by atoms with E-state index < -0.39 is 0 Å². The van der Waals surface area contributed by atoms with Crippen molar-refractivity contribution in [1.29, 1.82) is 0 Å². The number of hydrogen-bond acceptors (Lipinski definition) is 0. The van der Waals surface area contributed by atoms with Gasteiger partial charge in [-0.3, -0.25) is 0 Å². The third-order valence-corrected chi connectivity index (χ3v) is 1.69. The maximum Gasteiger partial charge on any atom is 2.00 e. The van der Waals surface area contributed by atoms with Crippen molar-refractivity contribution >= 4 is 0 Å². The van der Waals surface area contributed by atoms with E-state index in [0.717, 1.165) is 11.1 Å². The Labute approximate surface area is 103 Å². The second kappa shape index (κ2) is 8.04. The topological polar surface area (TPSA) is 0 Å². The van der Waals surface area contributed by atoms with E-state index in [1.54, 1.807) is 0 Å². The molecule has 2 aromatic carbocycles. The molecular weight excluding hydrogens is 223 g/mol. The minimum absolute atomic E-state index is 0. The van der Waals surface area contributed by atoms with Gasteiger partial charge in [0.05, 0.1) is 0 Å². The summed E-state index contributed by atoms with van der Waals surface area (Å²) in [7, 11) is 0. The molecule has 0 heterocycles. The number of benzene rings is 2. The first kappa shape index (κ1) is 13.7. The van der Waals surface area contributed by atoms with Crippen LogP contribution in [0.5, 0.6) is 0 Å². The summed E-state index contributed by atoms with van der Waals surface area (Å²) in [6, 6.07) is 19.7. The first-order valence-electron chi connectivity index (χ1n) is 4.53. The maximum atomic E-state index is 3.72. The first-order chi connectivity index (χ1) is 6.79. The Bertz CT molecular complexity index is 303. The van der Waals surface area contributed by atoms with Crippen molar-refractivity contribution < 1.29 is 17.1 Å². The van der Waals surface area contributed by atoms with Crippen molar-refractivity contribution in [2.45, 2.75) is 0 Å². The molecular formula is C14H14Mn. The van der Waals surface area contributed by atoms with Crippen LogP contribution in [-0.2, 0) is 17.1 Å². The van der Waals surface area contributed by atoms with Crippen LogP contribution in [0.25, 0.3) is 0 Å². The maximum absolute atomic E-state index is 3.72. The molecule has 0 nitrogen and oxygen atoms in total. The molecule has 1 heteroatoms. The monoisotopic (exact) mass is 237 g/mol. The van der Waals surface area contributed by atoms with Gasteiger partial charge in [0, 0.05) is 0 Å². The molecule has 77 valence electrons. The van der Waals surface area contributed by atoms with Crippen LogP contribution in [0.4, 0.5) is 0 Å². The summed E-state index contributed by atoms with van der Waals surface area (Å²) < 4.78 is 0. The Balaban J connectivity index is 0.000000245. The quantitative estimate of drug-likeness (QED) is 0.483. The second-order valence-electron chi connectivity index (χ2n) is 2.97. The normalized spacial score (nSPS) is 8.00. The third kappa shape index (κ3) is 6.73. The van der Waals surface area contributed by atoms with Crippen LogP contribution in [0.1, 0.15) is 11.1 Å². The zero-order valence-electron chi connectivity index (χ0n) is 8.57. The van der Waals surface area contributed by atoms with E-state index in [1.807, 2.05) is 60.7 Å². The largest absolute Gasteiger partial charge is 2.00 e. The standard InChI is InChI=1S/2C7H7.Mn/c2*1-7-5-3-2-4-6-7;/h2*2-6H,1H2;/q2*-1;+2. The molecule has 0 aliphatic carbocycles. The Morgan fingerprint density at radius 1 is 0.533 bits per heavy atom. The van der Waals surface area contributed by atoms with Crippen molar-refractivity contribution in [3.63, 3.8) is 0 Å². The molecule has 0 bridgehead atoms. The minimum Gasteiger partial charge on any atom is -0.199 e. The summed E-state index contributed by atoms with van der Waals surface area (Å²) in [4.78, 5) is 0. The van der Waals surface area contributed by atoms with E-state index in [4.69, 9.17) is 0 Å². The van der Waals surface area contributed by atoms with Crippen LogP contribution in [0.3, 0.4) is 0 Å². The Hall–Kier alpha value is -1.30. The number of rotatable bonds is 0. The van der Waals surface area contributed by atoms with Crippen LogP contribution >= 0.6 is 0 Å². The molecule has 0 spiro atoms. The second-order valence-corrected chi connectivity index (χ2v) is 2.97. The molecule has 2 aromatic rings. The van der Waals surface area contributed by atoms with Gasteiger partial charge in [0.1, 0.15) is 0 Å². The van der Waals surface area contributed by atoms with Crippen molar-refractivity contribution in [1.82, 2.24) is 0 Å². The average molecular weight is 237 g/mol. The predicted molar refractivity (Wildman–Crippen MR) is 61.8 cm³/mol. The van der Waals surface area contributed by atoms with Gasteiger partial charge in [0.25, 0.3) is 0 Å². The molecule has 15 heavy (non-hydrogen) atoms. The molecule has 2 rings (SSSR count). The summed E-state index contributed by atoms with van der Waals surface area (Å²) in [6.45, 7) is 7.44. The van der Waals surface area contributed by atoms with E-state index in [9.17, 15) is 0 Å². The van der Waals surface area contributed by atoms with Gasteiger partial charge < -0.3 is 0 Å². The van der Waals surface area contributed by atoms with Crippen molar-refractivity contribution in [2.24, 2.45) is 0 Å². The molecule has 0 amide bonds. The van der Waals surface area contributed by atoms with E-state index in [-0.39, 0.29) is 17.1 Å². The number of hydrogen-bond donors (Lipinski definition) is 0. The van der Waals surface area contributed by atoms with Crippen molar-refractivity contribution in [2.75, 3.05) is 0 Å². The van der Waals surface area contributed by atoms with Crippen LogP contribution in [-0.4, -0.2) is 0 Å². The van der Waals surface area contributed by atoms with Gasteiger partial charge in [-0.15, -0.1) is 24.3 Å². The molecule has 1 radical (unpaired) electrons. The average Bonchev–Trinajstić information content (AvgIpc) is 2.21. The van der Waals surface area contributed by atoms with Gasteiger partial charge >= 0.3 is 17.1 Å². The zero-order valence-corrected chi connectivity index (χ0v) is 9.75. The minimum atomic E-state index is 0. The summed E-state index contributed by atoms with van der Waals surface area (Å²) >= 11 is 0. The van der Waals surface area contributed by atoms with Gasteiger partial charge in [-0.25, -0.2) is 0 Å². The molecule has 0 unspecified atom stereocenters. The molecule has 0 saturated heterocycles. The molecule has 0 saturated carbocycles.